The van der Waals surface area contributed by atoms with E-state index < -0.39 is 5.97 Å². The van der Waals surface area contributed by atoms with Crippen molar-refractivity contribution in [1.29, 1.82) is 0 Å². The maximum absolute atomic E-state index is 12.7. The first-order valence-corrected chi connectivity index (χ1v) is 7.65. The highest BCUT2D eigenvalue weighted by atomic mass is 32.2. The number of nitrogens with one attached hydrogen (secondary N) is 1. The molecule has 0 aliphatic rings. The molecular weight excluding hydrogens is 315 g/mol. The zero-order valence-electron chi connectivity index (χ0n) is 10.9. The SMILES string of the molecule is Cc1nc(SCC(=O)Nc2ccc(F)cc2)sc1C(=O)O. The number of thiazole rings is 1. The number of hydrogen-bond acceptors (Lipinski definition) is 5. The first kappa shape index (κ1) is 15.5. The summed E-state index contributed by atoms with van der Waals surface area (Å²) in [6, 6.07) is 5.44. The van der Waals surface area contributed by atoms with E-state index >= 15 is 0 Å². The Morgan fingerprint density at radius 2 is 2.05 bits per heavy atom. The molecule has 21 heavy (non-hydrogen) atoms. The predicted molar refractivity (Wildman–Crippen MR) is 79.6 cm³/mol. The summed E-state index contributed by atoms with van der Waals surface area (Å²) in [5, 5.41) is 11.5. The molecule has 0 atom stereocenters. The van der Waals surface area contributed by atoms with E-state index in [1.807, 2.05) is 0 Å². The monoisotopic (exact) mass is 326 g/mol. The summed E-state index contributed by atoms with van der Waals surface area (Å²) in [6.45, 7) is 1.61. The van der Waals surface area contributed by atoms with Crippen LogP contribution in [0.2, 0.25) is 0 Å². The Kier molecular flexibility index (Phi) is 4.92. The Morgan fingerprint density at radius 3 is 2.62 bits per heavy atom. The van der Waals surface area contributed by atoms with Crippen molar-refractivity contribution < 1.29 is 19.1 Å². The molecule has 0 radical (unpaired) electrons. The highest BCUT2D eigenvalue weighted by molar-refractivity contribution is 8.01. The molecule has 0 aliphatic heterocycles. The highest BCUT2D eigenvalue weighted by Gasteiger charge is 2.15. The molecule has 0 saturated heterocycles. The summed E-state index contributed by atoms with van der Waals surface area (Å²) in [5.74, 6) is -1.56. The van der Waals surface area contributed by atoms with E-state index in [1.165, 1.54) is 24.3 Å². The van der Waals surface area contributed by atoms with E-state index in [4.69, 9.17) is 5.11 Å². The van der Waals surface area contributed by atoms with Gasteiger partial charge in [0, 0.05) is 5.69 Å². The maximum Gasteiger partial charge on any atom is 0.347 e. The first-order chi connectivity index (χ1) is 9.95. The van der Waals surface area contributed by atoms with Crippen molar-refractivity contribution >= 4 is 40.7 Å². The van der Waals surface area contributed by atoms with Crippen molar-refractivity contribution in [2.24, 2.45) is 0 Å². The average Bonchev–Trinajstić information content (AvgIpc) is 2.81. The standard InChI is InChI=1S/C13H11FN2O3S2/c1-7-11(12(18)19)21-13(15-7)20-6-10(17)16-9-4-2-8(14)3-5-9/h2-5H,6H2,1H3,(H,16,17)(H,18,19). The van der Waals surface area contributed by atoms with Crippen LogP contribution in [0.1, 0.15) is 15.4 Å². The number of hydrogen-bond donors (Lipinski definition) is 2. The fourth-order valence-electron chi connectivity index (χ4n) is 1.49. The topological polar surface area (TPSA) is 79.3 Å². The largest absolute Gasteiger partial charge is 0.477 e. The van der Waals surface area contributed by atoms with Crippen LogP contribution in [-0.2, 0) is 4.79 Å². The summed E-state index contributed by atoms with van der Waals surface area (Å²) in [7, 11) is 0. The number of benzene rings is 1. The minimum Gasteiger partial charge on any atom is -0.477 e. The van der Waals surface area contributed by atoms with Gasteiger partial charge < -0.3 is 10.4 Å². The van der Waals surface area contributed by atoms with Crippen LogP contribution in [0.15, 0.2) is 28.6 Å². The second-order valence-electron chi connectivity index (χ2n) is 4.04. The van der Waals surface area contributed by atoms with Crippen LogP contribution in [0, 0.1) is 12.7 Å². The molecule has 8 heteroatoms. The molecule has 2 aromatic rings. The number of halogens is 1. The number of anilines is 1. The summed E-state index contributed by atoms with van der Waals surface area (Å²) < 4.78 is 13.3. The molecule has 1 amide bonds. The molecule has 2 rings (SSSR count). The van der Waals surface area contributed by atoms with Crippen LogP contribution >= 0.6 is 23.1 Å². The van der Waals surface area contributed by atoms with Crippen LogP contribution in [0.3, 0.4) is 0 Å². The van der Waals surface area contributed by atoms with Crippen LogP contribution in [0.25, 0.3) is 0 Å². The lowest BCUT2D eigenvalue weighted by Gasteiger charge is -2.03. The molecule has 0 aliphatic carbocycles. The second-order valence-corrected chi connectivity index (χ2v) is 6.26. The van der Waals surface area contributed by atoms with E-state index in [1.54, 1.807) is 6.92 Å². The molecule has 0 saturated carbocycles. The third kappa shape index (κ3) is 4.27. The van der Waals surface area contributed by atoms with Crippen molar-refractivity contribution in [3.05, 3.63) is 40.7 Å². The fraction of sp³-hybridized carbons (Fsp3) is 0.154. The van der Waals surface area contributed by atoms with E-state index in [0.717, 1.165) is 23.1 Å². The van der Waals surface area contributed by atoms with Crippen molar-refractivity contribution in [3.63, 3.8) is 0 Å². The summed E-state index contributed by atoms with van der Waals surface area (Å²) in [6.07, 6.45) is 0. The molecule has 2 N–H and O–H groups in total. The van der Waals surface area contributed by atoms with Gasteiger partial charge in [-0.2, -0.15) is 0 Å². The number of rotatable bonds is 5. The number of thioether (sulfide) groups is 1. The predicted octanol–water partition coefficient (Wildman–Crippen LogP) is 3.02. The molecule has 0 fully saturated rings. The minimum absolute atomic E-state index is 0.101. The van der Waals surface area contributed by atoms with Crippen LogP contribution in [0.5, 0.6) is 0 Å². The molecule has 5 nitrogen and oxygen atoms in total. The number of aromatic carboxylic acids is 1. The van der Waals surface area contributed by atoms with E-state index in [0.29, 0.717) is 15.7 Å². The molecule has 1 aromatic carbocycles. The number of amides is 1. The quantitative estimate of drug-likeness (QED) is 0.826. The fourth-order valence-corrected chi connectivity index (χ4v) is 3.32. The smallest absolute Gasteiger partial charge is 0.347 e. The molecule has 110 valence electrons. The number of aromatic nitrogens is 1. The van der Waals surface area contributed by atoms with Gasteiger partial charge in [0.2, 0.25) is 5.91 Å². The third-order valence-corrected chi connectivity index (χ3v) is 4.71. The summed E-state index contributed by atoms with van der Waals surface area (Å²) >= 11 is 2.20. The number of carboxylic acids is 1. The van der Waals surface area contributed by atoms with Gasteiger partial charge in [-0.25, -0.2) is 14.2 Å². The zero-order chi connectivity index (χ0) is 15.4. The van der Waals surface area contributed by atoms with Crippen molar-refractivity contribution in [2.75, 3.05) is 11.1 Å². The lowest BCUT2D eigenvalue weighted by molar-refractivity contribution is -0.113. The van der Waals surface area contributed by atoms with E-state index in [-0.39, 0.29) is 22.4 Å². The molecule has 0 bridgehead atoms. The van der Waals surface area contributed by atoms with Gasteiger partial charge in [0.05, 0.1) is 11.4 Å². The van der Waals surface area contributed by atoms with E-state index in [9.17, 15) is 14.0 Å². The lowest BCUT2D eigenvalue weighted by Crippen LogP contribution is -2.13. The maximum atomic E-state index is 12.7. The summed E-state index contributed by atoms with van der Waals surface area (Å²) in [5.41, 5.74) is 0.942. The van der Waals surface area contributed by atoms with Crippen LogP contribution in [-0.4, -0.2) is 27.7 Å². The molecule has 0 spiro atoms. The third-order valence-electron chi connectivity index (χ3n) is 2.43. The van der Waals surface area contributed by atoms with Gasteiger partial charge in [0.1, 0.15) is 10.7 Å². The highest BCUT2D eigenvalue weighted by Crippen LogP contribution is 2.27. The lowest BCUT2D eigenvalue weighted by atomic mass is 10.3. The van der Waals surface area contributed by atoms with Crippen LogP contribution < -0.4 is 5.32 Å². The van der Waals surface area contributed by atoms with E-state index in [2.05, 4.69) is 10.3 Å². The van der Waals surface area contributed by atoms with Crippen molar-refractivity contribution in [1.82, 2.24) is 4.98 Å². The Bertz CT molecular complexity index is 671. The van der Waals surface area contributed by atoms with Crippen LogP contribution in [0.4, 0.5) is 10.1 Å². The first-order valence-electron chi connectivity index (χ1n) is 5.84. The molecule has 1 heterocycles. The van der Waals surface area contributed by atoms with Crippen molar-refractivity contribution in [2.45, 2.75) is 11.3 Å². The molecular formula is C13H11FN2O3S2. The van der Waals surface area contributed by atoms with Gasteiger partial charge in [-0.15, -0.1) is 11.3 Å². The normalized spacial score (nSPS) is 10.4. The Morgan fingerprint density at radius 1 is 1.38 bits per heavy atom. The average molecular weight is 326 g/mol. The number of carboxylic acid groups (broad SMARTS) is 1. The second kappa shape index (κ2) is 6.68. The number of carbonyl (C=O) groups is 2. The van der Waals surface area contributed by atoms with Gasteiger partial charge in [-0.3, -0.25) is 4.79 Å². The number of aryl methyl sites for hydroxylation is 1. The van der Waals surface area contributed by atoms with Gasteiger partial charge in [0.25, 0.3) is 0 Å². The zero-order valence-corrected chi connectivity index (χ0v) is 12.6. The molecule has 0 unspecified atom stereocenters. The van der Waals surface area contributed by atoms with Gasteiger partial charge >= 0.3 is 5.97 Å². The van der Waals surface area contributed by atoms with Crippen molar-refractivity contribution in [3.8, 4) is 0 Å². The minimum atomic E-state index is -1.02. The Balaban J connectivity index is 1.90. The Labute approximate surface area is 128 Å². The van der Waals surface area contributed by atoms with Gasteiger partial charge in [-0.1, -0.05) is 11.8 Å². The summed E-state index contributed by atoms with van der Waals surface area (Å²) in [4.78, 5) is 26.9. The number of nitrogens with zero attached hydrogens (tertiary/aromatic N) is 1. The van der Waals surface area contributed by atoms with Gasteiger partial charge in [0.15, 0.2) is 4.34 Å². The number of carbonyl (C=O) groups excluding carboxylic acids is 1. The van der Waals surface area contributed by atoms with Gasteiger partial charge in [-0.05, 0) is 31.2 Å². The Hall–Kier alpha value is -1.93. The molecule has 1 aromatic heterocycles.